The van der Waals surface area contributed by atoms with E-state index in [0.29, 0.717) is 19.6 Å². The summed E-state index contributed by atoms with van der Waals surface area (Å²) in [5, 5.41) is 7.07. The molecule has 2 aromatic carbocycles. The zero-order valence-corrected chi connectivity index (χ0v) is 16.4. The van der Waals surface area contributed by atoms with Crippen molar-refractivity contribution < 1.29 is 4.79 Å². The highest BCUT2D eigenvalue weighted by Crippen LogP contribution is 2.07. The second-order valence-corrected chi connectivity index (χ2v) is 7.05. The van der Waals surface area contributed by atoms with E-state index in [1.807, 2.05) is 71.5 Å². The Morgan fingerprint density at radius 2 is 1.63 bits per heavy atom. The first kappa shape index (κ1) is 19.4. The van der Waals surface area contributed by atoms with Crippen LogP contribution in [0.25, 0.3) is 0 Å². The Hall–Kier alpha value is -3.93. The highest BCUT2D eigenvalue weighted by Gasteiger charge is 2.12. The zero-order valence-electron chi connectivity index (χ0n) is 16.4. The van der Waals surface area contributed by atoms with Gasteiger partial charge in [-0.1, -0.05) is 54.6 Å². The Labute approximate surface area is 174 Å². The fourth-order valence-corrected chi connectivity index (χ4v) is 3.31. The number of nitrogens with zero attached hydrogens (tertiary/aromatic N) is 3. The van der Waals surface area contributed by atoms with Gasteiger partial charge in [0.2, 0.25) is 0 Å². The predicted octanol–water partition coefficient (Wildman–Crippen LogP) is 3.07. The average molecular weight is 398 g/mol. The van der Waals surface area contributed by atoms with Crippen LogP contribution >= 0.6 is 0 Å². The van der Waals surface area contributed by atoms with Crippen molar-refractivity contribution in [2.24, 2.45) is 0 Å². The predicted molar refractivity (Wildman–Crippen MR) is 115 cm³/mol. The molecule has 0 spiro atoms. The van der Waals surface area contributed by atoms with Crippen LogP contribution < -0.4 is 10.9 Å². The van der Waals surface area contributed by atoms with Crippen molar-refractivity contribution in [3.05, 3.63) is 124 Å². The van der Waals surface area contributed by atoms with Gasteiger partial charge in [0.15, 0.2) is 0 Å². The van der Waals surface area contributed by atoms with Gasteiger partial charge in [0.25, 0.3) is 11.5 Å². The monoisotopic (exact) mass is 398 g/mol. The Balaban J connectivity index is 1.43. The Morgan fingerprint density at radius 1 is 0.833 bits per heavy atom. The van der Waals surface area contributed by atoms with E-state index in [0.717, 1.165) is 16.7 Å². The van der Waals surface area contributed by atoms with Crippen molar-refractivity contribution in [1.29, 1.82) is 0 Å². The van der Waals surface area contributed by atoms with Gasteiger partial charge in [-0.3, -0.25) is 14.3 Å². The van der Waals surface area contributed by atoms with Crippen LogP contribution in [-0.4, -0.2) is 20.3 Å². The molecule has 0 fully saturated rings. The molecule has 0 aliphatic carbocycles. The maximum Gasteiger partial charge on any atom is 0.263 e. The van der Waals surface area contributed by atoms with Gasteiger partial charge in [-0.05, 0) is 34.9 Å². The number of benzene rings is 2. The highest BCUT2D eigenvalue weighted by molar-refractivity contribution is 5.93. The summed E-state index contributed by atoms with van der Waals surface area (Å²) < 4.78 is 3.39. The first-order chi connectivity index (χ1) is 14.7. The molecule has 0 atom stereocenters. The summed E-state index contributed by atoms with van der Waals surface area (Å²) in [6, 6.07) is 22.8. The molecule has 0 aliphatic rings. The number of pyridine rings is 1. The summed E-state index contributed by atoms with van der Waals surface area (Å²) in [5.74, 6) is -0.375. The number of amides is 1. The molecular weight excluding hydrogens is 376 g/mol. The molecular formula is C24H22N4O2. The standard InChI is InChI=1S/C24H22N4O2/c29-23(22-11-5-13-27(24(22)30)17-19-7-2-1-3-8-19)25-16-20-9-4-10-21(15-20)18-28-14-6-12-26-28/h1-15H,16-18H2,(H,25,29). The molecule has 0 saturated heterocycles. The van der Waals surface area contributed by atoms with E-state index in [1.165, 1.54) is 0 Å². The van der Waals surface area contributed by atoms with Crippen LogP contribution in [0.2, 0.25) is 0 Å². The van der Waals surface area contributed by atoms with E-state index < -0.39 is 0 Å². The van der Waals surface area contributed by atoms with Crippen molar-refractivity contribution >= 4 is 5.91 Å². The Morgan fingerprint density at radius 3 is 2.43 bits per heavy atom. The maximum atomic E-state index is 12.8. The zero-order chi connectivity index (χ0) is 20.8. The number of nitrogens with one attached hydrogen (secondary N) is 1. The fraction of sp³-hybridized carbons (Fsp3) is 0.125. The number of carbonyl (C=O) groups is 1. The Bertz CT molecular complexity index is 1180. The number of hydrogen-bond donors (Lipinski definition) is 1. The minimum absolute atomic E-state index is 0.140. The lowest BCUT2D eigenvalue weighted by atomic mass is 10.1. The highest BCUT2D eigenvalue weighted by atomic mass is 16.2. The van der Waals surface area contributed by atoms with Crippen molar-refractivity contribution in [1.82, 2.24) is 19.7 Å². The first-order valence-corrected chi connectivity index (χ1v) is 9.76. The summed E-state index contributed by atoms with van der Waals surface area (Å²) in [7, 11) is 0. The van der Waals surface area contributed by atoms with Crippen LogP contribution in [-0.2, 0) is 19.6 Å². The second-order valence-electron chi connectivity index (χ2n) is 7.05. The van der Waals surface area contributed by atoms with E-state index in [4.69, 9.17) is 0 Å². The molecule has 2 aromatic heterocycles. The topological polar surface area (TPSA) is 68.9 Å². The number of carbonyl (C=O) groups excluding carboxylic acids is 1. The third-order valence-electron chi connectivity index (χ3n) is 4.81. The van der Waals surface area contributed by atoms with Crippen LogP contribution in [0.15, 0.2) is 96.2 Å². The van der Waals surface area contributed by atoms with Gasteiger partial charge in [0, 0.05) is 25.1 Å². The van der Waals surface area contributed by atoms with Gasteiger partial charge in [0.05, 0.1) is 13.1 Å². The third-order valence-corrected chi connectivity index (χ3v) is 4.81. The molecule has 0 saturated carbocycles. The number of aromatic nitrogens is 3. The molecule has 1 N–H and O–H groups in total. The largest absolute Gasteiger partial charge is 0.348 e. The lowest BCUT2D eigenvalue weighted by Gasteiger charge is -2.10. The van der Waals surface area contributed by atoms with Gasteiger partial charge >= 0.3 is 0 Å². The summed E-state index contributed by atoms with van der Waals surface area (Å²) in [6.45, 7) is 1.44. The third kappa shape index (κ3) is 4.72. The van der Waals surface area contributed by atoms with Gasteiger partial charge < -0.3 is 9.88 Å². The van der Waals surface area contributed by atoms with Crippen LogP contribution in [0.3, 0.4) is 0 Å². The molecule has 1 amide bonds. The molecule has 30 heavy (non-hydrogen) atoms. The van der Waals surface area contributed by atoms with Crippen molar-refractivity contribution in [2.45, 2.75) is 19.6 Å². The van der Waals surface area contributed by atoms with Crippen molar-refractivity contribution in [3.63, 3.8) is 0 Å². The molecule has 4 aromatic rings. The normalized spacial score (nSPS) is 10.7. The van der Waals surface area contributed by atoms with Crippen molar-refractivity contribution in [3.8, 4) is 0 Å². The summed E-state index contributed by atoms with van der Waals surface area (Å²) in [4.78, 5) is 25.4. The number of rotatable bonds is 7. The van der Waals surface area contributed by atoms with Gasteiger partial charge in [-0.25, -0.2) is 0 Å². The van der Waals surface area contributed by atoms with E-state index >= 15 is 0 Å². The minimum Gasteiger partial charge on any atom is -0.348 e. The van der Waals surface area contributed by atoms with Crippen LogP contribution in [0, 0.1) is 0 Å². The molecule has 2 heterocycles. The maximum absolute atomic E-state index is 12.8. The van der Waals surface area contributed by atoms with E-state index in [-0.39, 0.29) is 17.0 Å². The van der Waals surface area contributed by atoms with E-state index in [1.54, 1.807) is 29.1 Å². The summed E-state index contributed by atoms with van der Waals surface area (Å²) >= 11 is 0. The smallest absolute Gasteiger partial charge is 0.263 e. The molecule has 150 valence electrons. The molecule has 0 bridgehead atoms. The second kappa shape index (κ2) is 9.05. The van der Waals surface area contributed by atoms with Gasteiger partial charge in [-0.2, -0.15) is 5.10 Å². The van der Waals surface area contributed by atoms with Crippen LogP contribution in [0.4, 0.5) is 0 Å². The SMILES string of the molecule is O=C(NCc1cccc(Cn2cccn2)c1)c1cccn(Cc2ccccc2)c1=O. The molecule has 0 radical (unpaired) electrons. The lowest BCUT2D eigenvalue weighted by molar-refractivity contribution is 0.0949. The van der Waals surface area contributed by atoms with Gasteiger partial charge in [0.1, 0.15) is 5.56 Å². The quantitative estimate of drug-likeness (QED) is 0.520. The Kier molecular flexibility index (Phi) is 5.85. The first-order valence-electron chi connectivity index (χ1n) is 9.76. The minimum atomic E-state index is -0.375. The summed E-state index contributed by atoms with van der Waals surface area (Å²) in [6.07, 6.45) is 5.35. The van der Waals surface area contributed by atoms with E-state index in [2.05, 4.69) is 10.4 Å². The molecule has 6 heteroatoms. The molecule has 0 aliphatic heterocycles. The van der Waals surface area contributed by atoms with Crippen molar-refractivity contribution in [2.75, 3.05) is 0 Å². The number of hydrogen-bond acceptors (Lipinski definition) is 3. The van der Waals surface area contributed by atoms with Gasteiger partial charge in [-0.15, -0.1) is 0 Å². The molecule has 6 nitrogen and oxygen atoms in total. The summed E-state index contributed by atoms with van der Waals surface area (Å²) in [5.41, 5.74) is 2.91. The molecule has 0 unspecified atom stereocenters. The van der Waals surface area contributed by atoms with Crippen LogP contribution in [0.1, 0.15) is 27.0 Å². The van der Waals surface area contributed by atoms with E-state index in [9.17, 15) is 9.59 Å². The fourth-order valence-electron chi connectivity index (χ4n) is 3.31. The molecule has 4 rings (SSSR count). The van der Waals surface area contributed by atoms with Crippen LogP contribution in [0.5, 0.6) is 0 Å². The lowest BCUT2D eigenvalue weighted by Crippen LogP contribution is -2.32. The average Bonchev–Trinajstić information content (AvgIpc) is 3.28.